The number of nitrogens with zero attached hydrogens (tertiary/aromatic N) is 2. The largest absolute Gasteiger partial charge is 0.360 e. The number of hydrogen-bond donors (Lipinski definition) is 2. The summed E-state index contributed by atoms with van der Waals surface area (Å²) in [6.07, 6.45) is 1.51. The van der Waals surface area contributed by atoms with Crippen molar-refractivity contribution in [3.05, 3.63) is 17.3 Å². The van der Waals surface area contributed by atoms with Gasteiger partial charge in [0, 0.05) is 10.9 Å². The number of rotatable bonds is 4. The fraction of sp³-hybridized carbons (Fsp3) is 0.417. The Balaban J connectivity index is 2.10. The van der Waals surface area contributed by atoms with Crippen molar-refractivity contribution in [2.24, 2.45) is 0 Å². The van der Waals surface area contributed by atoms with Crippen molar-refractivity contribution in [1.29, 1.82) is 0 Å². The highest BCUT2D eigenvalue weighted by atomic mass is 32.1. The normalized spacial score (nSPS) is 10.9. The van der Waals surface area contributed by atoms with Crippen molar-refractivity contribution in [2.45, 2.75) is 26.8 Å². The third kappa shape index (κ3) is 2.95. The van der Waals surface area contributed by atoms with Gasteiger partial charge in [-0.15, -0.1) is 11.3 Å². The molecule has 0 aliphatic carbocycles. The van der Waals surface area contributed by atoms with E-state index < -0.39 is 0 Å². The summed E-state index contributed by atoms with van der Waals surface area (Å²) >= 11 is 1.62. The molecule has 0 saturated carbocycles. The van der Waals surface area contributed by atoms with Gasteiger partial charge in [-0.05, 0) is 26.8 Å². The minimum absolute atomic E-state index is 0.0382. The lowest BCUT2D eigenvalue weighted by atomic mass is 10.3. The van der Waals surface area contributed by atoms with Gasteiger partial charge in [0.15, 0.2) is 0 Å². The van der Waals surface area contributed by atoms with E-state index in [9.17, 15) is 4.79 Å². The van der Waals surface area contributed by atoms with Crippen LogP contribution in [-0.2, 0) is 4.79 Å². The Morgan fingerprint density at radius 2 is 2.22 bits per heavy atom. The average Bonchev–Trinajstić information content (AvgIpc) is 2.66. The van der Waals surface area contributed by atoms with E-state index in [0.29, 0.717) is 5.82 Å². The maximum Gasteiger partial charge on any atom is 0.239 e. The molecule has 0 aromatic carbocycles. The second-order valence-corrected chi connectivity index (χ2v) is 5.61. The molecule has 1 amide bonds. The number of amides is 1. The number of carbonyl (C=O) groups excluding carboxylic acids is 1. The van der Waals surface area contributed by atoms with Gasteiger partial charge in [0.1, 0.15) is 17.0 Å². The maximum absolute atomic E-state index is 11.6. The van der Waals surface area contributed by atoms with Gasteiger partial charge >= 0.3 is 0 Å². The summed E-state index contributed by atoms with van der Waals surface area (Å²) in [4.78, 5) is 22.1. The van der Waals surface area contributed by atoms with Crippen LogP contribution in [-0.4, -0.2) is 28.5 Å². The first-order chi connectivity index (χ1) is 8.56. The Labute approximate surface area is 110 Å². The van der Waals surface area contributed by atoms with Crippen molar-refractivity contribution in [3.8, 4) is 0 Å². The number of aryl methyl sites for hydroxylation is 1. The van der Waals surface area contributed by atoms with Crippen LogP contribution < -0.4 is 10.6 Å². The zero-order valence-electron chi connectivity index (χ0n) is 10.7. The van der Waals surface area contributed by atoms with Crippen LogP contribution in [0, 0.1) is 6.92 Å². The molecule has 0 fully saturated rings. The molecule has 2 N–H and O–H groups in total. The van der Waals surface area contributed by atoms with E-state index in [1.807, 2.05) is 26.8 Å². The minimum Gasteiger partial charge on any atom is -0.360 e. The fourth-order valence-corrected chi connectivity index (χ4v) is 2.50. The molecule has 6 heteroatoms. The number of carbonyl (C=O) groups is 1. The van der Waals surface area contributed by atoms with Gasteiger partial charge in [-0.1, -0.05) is 0 Å². The van der Waals surface area contributed by atoms with Crippen LogP contribution in [0.3, 0.4) is 0 Å². The van der Waals surface area contributed by atoms with Gasteiger partial charge in [0.25, 0.3) is 0 Å². The monoisotopic (exact) mass is 264 g/mol. The SMILES string of the molecule is Cc1cc2c(NCC(=O)NC(C)C)ncnc2s1. The van der Waals surface area contributed by atoms with Gasteiger partial charge in [-0.2, -0.15) is 0 Å². The lowest BCUT2D eigenvalue weighted by Crippen LogP contribution is -2.34. The van der Waals surface area contributed by atoms with Crippen LogP contribution >= 0.6 is 11.3 Å². The standard InChI is InChI=1S/C12H16N4OS/c1-7(2)16-10(17)5-13-11-9-4-8(3)18-12(9)15-6-14-11/h4,6-7H,5H2,1-3H3,(H,16,17)(H,13,14,15). The molecule has 0 bridgehead atoms. The highest BCUT2D eigenvalue weighted by molar-refractivity contribution is 7.18. The molecule has 2 rings (SSSR count). The van der Waals surface area contributed by atoms with Crippen molar-refractivity contribution in [2.75, 3.05) is 11.9 Å². The third-order valence-electron chi connectivity index (χ3n) is 2.32. The van der Waals surface area contributed by atoms with Crippen molar-refractivity contribution in [3.63, 3.8) is 0 Å². The fourth-order valence-electron chi connectivity index (χ4n) is 1.65. The van der Waals surface area contributed by atoms with E-state index in [1.165, 1.54) is 11.2 Å². The highest BCUT2D eigenvalue weighted by Gasteiger charge is 2.08. The number of thiophene rings is 1. The van der Waals surface area contributed by atoms with Crippen molar-refractivity contribution in [1.82, 2.24) is 15.3 Å². The second kappa shape index (κ2) is 5.30. The first kappa shape index (κ1) is 12.8. The van der Waals surface area contributed by atoms with Crippen LogP contribution in [0.25, 0.3) is 10.2 Å². The molecule has 2 aromatic heterocycles. The lowest BCUT2D eigenvalue weighted by molar-refractivity contribution is -0.119. The van der Waals surface area contributed by atoms with E-state index in [0.717, 1.165) is 10.2 Å². The molecule has 0 aliphatic heterocycles. The predicted octanol–water partition coefficient (Wildman–Crippen LogP) is 1.94. The lowest BCUT2D eigenvalue weighted by Gasteiger charge is -2.09. The number of nitrogens with one attached hydrogen (secondary N) is 2. The molecule has 18 heavy (non-hydrogen) atoms. The molecule has 2 aromatic rings. The summed E-state index contributed by atoms with van der Waals surface area (Å²) in [6, 6.07) is 2.18. The van der Waals surface area contributed by atoms with Gasteiger partial charge in [-0.25, -0.2) is 9.97 Å². The third-order valence-corrected chi connectivity index (χ3v) is 3.28. The molecule has 96 valence electrons. The molecule has 2 heterocycles. The summed E-state index contributed by atoms with van der Waals surface area (Å²) < 4.78 is 0. The Hall–Kier alpha value is -1.69. The molecule has 0 aliphatic rings. The molecule has 0 atom stereocenters. The van der Waals surface area contributed by atoms with Gasteiger partial charge in [0.05, 0.1) is 11.9 Å². The van der Waals surface area contributed by atoms with Crippen LogP contribution in [0.5, 0.6) is 0 Å². The summed E-state index contributed by atoms with van der Waals surface area (Å²) in [5.41, 5.74) is 0. The highest BCUT2D eigenvalue weighted by Crippen LogP contribution is 2.27. The summed E-state index contributed by atoms with van der Waals surface area (Å²) in [7, 11) is 0. The number of hydrogen-bond acceptors (Lipinski definition) is 5. The van der Waals surface area contributed by atoms with E-state index in [1.54, 1.807) is 11.3 Å². The first-order valence-corrected chi connectivity index (χ1v) is 6.62. The molecule has 5 nitrogen and oxygen atoms in total. The minimum atomic E-state index is -0.0382. The second-order valence-electron chi connectivity index (χ2n) is 4.37. The number of aromatic nitrogens is 2. The summed E-state index contributed by atoms with van der Waals surface area (Å²) in [6.45, 7) is 6.12. The van der Waals surface area contributed by atoms with Crippen LogP contribution in [0.2, 0.25) is 0 Å². The molecule has 0 spiro atoms. The molecule has 0 radical (unpaired) electrons. The zero-order valence-corrected chi connectivity index (χ0v) is 11.5. The molecular weight excluding hydrogens is 248 g/mol. The van der Waals surface area contributed by atoms with Crippen LogP contribution in [0.4, 0.5) is 5.82 Å². The number of anilines is 1. The zero-order chi connectivity index (χ0) is 13.1. The van der Waals surface area contributed by atoms with Crippen LogP contribution in [0.1, 0.15) is 18.7 Å². The van der Waals surface area contributed by atoms with E-state index in [2.05, 4.69) is 20.6 Å². The smallest absolute Gasteiger partial charge is 0.239 e. The predicted molar refractivity (Wildman–Crippen MR) is 73.9 cm³/mol. The Bertz CT molecular complexity index is 564. The molecule has 0 saturated heterocycles. The van der Waals surface area contributed by atoms with Gasteiger partial charge in [-0.3, -0.25) is 4.79 Å². The number of fused-ring (bicyclic) bond motifs is 1. The van der Waals surface area contributed by atoms with E-state index in [4.69, 9.17) is 0 Å². The molecule has 0 unspecified atom stereocenters. The summed E-state index contributed by atoms with van der Waals surface area (Å²) in [5.74, 6) is 0.673. The van der Waals surface area contributed by atoms with Crippen molar-refractivity contribution >= 4 is 33.3 Å². The quantitative estimate of drug-likeness (QED) is 0.885. The van der Waals surface area contributed by atoms with Gasteiger partial charge in [0.2, 0.25) is 5.91 Å². The molecular formula is C12H16N4OS. The maximum atomic E-state index is 11.6. The van der Waals surface area contributed by atoms with E-state index >= 15 is 0 Å². The van der Waals surface area contributed by atoms with Crippen molar-refractivity contribution < 1.29 is 4.79 Å². The Kier molecular flexibility index (Phi) is 3.76. The summed E-state index contributed by atoms with van der Waals surface area (Å²) in [5, 5.41) is 6.84. The Morgan fingerprint density at radius 1 is 1.44 bits per heavy atom. The average molecular weight is 264 g/mol. The van der Waals surface area contributed by atoms with E-state index in [-0.39, 0.29) is 18.5 Å². The topological polar surface area (TPSA) is 66.9 Å². The van der Waals surface area contributed by atoms with Crippen LogP contribution in [0.15, 0.2) is 12.4 Å². The first-order valence-electron chi connectivity index (χ1n) is 5.80. The Morgan fingerprint density at radius 3 is 2.94 bits per heavy atom. The van der Waals surface area contributed by atoms with Gasteiger partial charge < -0.3 is 10.6 Å².